The molecule has 0 saturated carbocycles. The van der Waals surface area contributed by atoms with E-state index in [0.29, 0.717) is 12.5 Å². The van der Waals surface area contributed by atoms with Crippen molar-refractivity contribution in [3.63, 3.8) is 0 Å². The van der Waals surface area contributed by atoms with Crippen LogP contribution in [0.3, 0.4) is 0 Å². The minimum Gasteiger partial charge on any atom is -0.496 e. The Balaban J connectivity index is 1.45. The zero-order valence-corrected chi connectivity index (χ0v) is 19.3. The van der Waals surface area contributed by atoms with Crippen molar-refractivity contribution in [2.75, 3.05) is 33.3 Å². The standard InChI is InChI=1S/C23H35N5OS/c1-4-22-27-20(17-30-22)16-28-12-10-18(11-13-28)14-25-23(24-5-2)26-15-19-8-6-7-9-21(19)29-3/h6-9,17-18H,4-5,10-16H2,1-3H3,(H2,24,25,26). The lowest BCUT2D eigenvalue weighted by Gasteiger charge is -2.31. The van der Waals surface area contributed by atoms with E-state index >= 15 is 0 Å². The second-order valence-corrected chi connectivity index (χ2v) is 8.64. The number of hydrogen-bond donors (Lipinski definition) is 2. The molecular formula is C23H35N5OS. The SMILES string of the molecule is CCNC(=NCc1ccccc1OC)NCC1CCN(Cc2csc(CC)n2)CC1. The van der Waals surface area contributed by atoms with E-state index in [4.69, 9.17) is 14.7 Å². The van der Waals surface area contributed by atoms with Crippen molar-refractivity contribution < 1.29 is 4.74 Å². The molecule has 2 aromatic rings. The van der Waals surface area contributed by atoms with E-state index in [0.717, 1.165) is 56.4 Å². The summed E-state index contributed by atoms with van der Waals surface area (Å²) < 4.78 is 5.43. The summed E-state index contributed by atoms with van der Waals surface area (Å²) >= 11 is 1.78. The van der Waals surface area contributed by atoms with Crippen LogP contribution >= 0.6 is 11.3 Å². The fraction of sp³-hybridized carbons (Fsp3) is 0.565. The molecule has 7 heteroatoms. The number of piperidine rings is 1. The first-order valence-electron chi connectivity index (χ1n) is 11.0. The van der Waals surface area contributed by atoms with Crippen molar-refractivity contribution >= 4 is 17.3 Å². The number of hydrogen-bond acceptors (Lipinski definition) is 5. The number of para-hydroxylation sites is 1. The van der Waals surface area contributed by atoms with Crippen LogP contribution in [-0.4, -0.2) is 49.1 Å². The molecule has 3 rings (SSSR count). The number of benzene rings is 1. The Kier molecular flexibility index (Phi) is 8.96. The van der Waals surface area contributed by atoms with Crippen LogP contribution in [0.25, 0.3) is 0 Å². The molecule has 164 valence electrons. The minimum absolute atomic E-state index is 0.602. The van der Waals surface area contributed by atoms with Crippen LogP contribution in [0, 0.1) is 5.92 Å². The quantitative estimate of drug-likeness (QED) is 0.470. The van der Waals surface area contributed by atoms with Crippen molar-refractivity contribution in [2.45, 2.75) is 46.2 Å². The Bertz CT molecular complexity index is 798. The Morgan fingerprint density at radius 3 is 2.73 bits per heavy atom. The van der Waals surface area contributed by atoms with E-state index in [2.05, 4.69) is 40.8 Å². The van der Waals surface area contributed by atoms with Gasteiger partial charge in [0.15, 0.2) is 5.96 Å². The summed E-state index contributed by atoms with van der Waals surface area (Å²) in [5.41, 5.74) is 2.32. The van der Waals surface area contributed by atoms with Gasteiger partial charge in [0.25, 0.3) is 0 Å². The van der Waals surface area contributed by atoms with Crippen molar-refractivity contribution in [3.05, 3.63) is 45.9 Å². The lowest BCUT2D eigenvalue weighted by molar-refractivity contribution is 0.176. The molecule has 0 amide bonds. The van der Waals surface area contributed by atoms with Crippen LogP contribution < -0.4 is 15.4 Å². The molecule has 1 aliphatic rings. The topological polar surface area (TPSA) is 61.8 Å². The Labute approximate surface area is 184 Å². The second-order valence-electron chi connectivity index (χ2n) is 7.69. The van der Waals surface area contributed by atoms with Gasteiger partial charge in [-0.1, -0.05) is 25.1 Å². The van der Waals surface area contributed by atoms with Crippen LogP contribution in [0.5, 0.6) is 5.75 Å². The number of likely N-dealkylation sites (tertiary alicyclic amines) is 1. The lowest BCUT2D eigenvalue weighted by Crippen LogP contribution is -2.42. The van der Waals surface area contributed by atoms with Gasteiger partial charge in [-0.25, -0.2) is 9.98 Å². The summed E-state index contributed by atoms with van der Waals surface area (Å²) in [5.74, 6) is 2.44. The van der Waals surface area contributed by atoms with Gasteiger partial charge < -0.3 is 15.4 Å². The van der Waals surface area contributed by atoms with Crippen molar-refractivity contribution in [3.8, 4) is 5.75 Å². The van der Waals surface area contributed by atoms with Crippen LogP contribution in [0.1, 0.15) is 43.0 Å². The number of aliphatic imine (C=N–C) groups is 1. The first kappa shape index (κ1) is 22.6. The van der Waals surface area contributed by atoms with Gasteiger partial charge in [0, 0.05) is 30.6 Å². The third-order valence-corrected chi connectivity index (χ3v) is 6.54. The van der Waals surface area contributed by atoms with E-state index in [1.165, 1.54) is 23.5 Å². The number of ether oxygens (including phenoxy) is 1. The summed E-state index contributed by atoms with van der Waals surface area (Å²) in [5, 5.41) is 10.4. The van der Waals surface area contributed by atoms with Crippen molar-refractivity contribution in [2.24, 2.45) is 10.9 Å². The first-order valence-corrected chi connectivity index (χ1v) is 11.9. The highest BCUT2D eigenvalue weighted by Gasteiger charge is 2.20. The van der Waals surface area contributed by atoms with E-state index in [-0.39, 0.29) is 0 Å². The number of guanidine groups is 1. The largest absolute Gasteiger partial charge is 0.496 e. The fourth-order valence-corrected chi connectivity index (χ4v) is 4.48. The predicted octanol–water partition coefficient (Wildman–Crippen LogP) is 3.68. The number of thiazole rings is 1. The van der Waals surface area contributed by atoms with Gasteiger partial charge in [-0.3, -0.25) is 4.90 Å². The van der Waals surface area contributed by atoms with Gasteiger partial charge in [-0.05, 0) is 51.3 Å². The van der Waals surface area contributed by atoms with E-state index in [1.54, 1.807) is 18.4 Å². The molecule has 0 bridgehead atoms. The maximum absolute atomic E-state index is 5.43. The van der Waals surface area contributed by atoms with Crippen LogP contribution in [0.4, 0.5) is 0 Å². The monoisotopic (exact) mass is 429 g/mol. The number of aryl methyl sites for hydroxylation is 1. The molecule has 1 aromatic heterocycles. The number of rotatable bonds is 9. The number of nitrogens with one attached hydrogen (secondary N) is 2. The molecule has 0 aliphatic carbocycles. The normalized spacial score (nSPS) is 15.9. The first-order chi connectivity index (χ1) is 14.7. The van der Waals surface area contributed by atoms with Crippen molar-refractivity contribution in [1.29, 1.82) is 0 Å². The van der Waals surface area contributed by atoms with Crippen LogP contribution in [0.15, 0.2) is 34.6 Å². The number of aromatic nitrogens is 1. The Hall–Kier alpha value is -2.12. The van der Waals surface area contributed by atoms with Crippen molar-refractivity contribution in [1.82, 2.24) is 20.5 Å². The van der Waals surface area contributed by atoms with Crippen LogP contribution in [-0.2, 0) is 19.5 Å². The minimum atomic E-state index is 0.602. The summed E-state index contributed by atoms with van der Waals surface area (Å²) in [6, 6.07) is 8.05. The molecule has 1 aliphatic heterocycles. The van der Waals surface area contributed by atoms with Gasteiger partial charge in [0.2, 0.25) is 0 Å². The third-order valence-electron chi connectivity index (χ3n) is 5.50. The molecule has 2 N–H and O–H groups in total. The molecule has 1 fully saturated rings. The highest BCUT2D eigenvalue weighted by Crippen LogP contribution is 2.20. The molecule has 0 radical (unpaired) electrons. The molecule has 0 unspecified atom stereocenters. The Morgan fingerprint density at radius 1 is 1.23 bits per heavy atom. The molecule has 6 nitrogen and oxygen atoms in total. The zero-order valence-electron chi connectivity index (χ0n) is 18.5. The molecule has 0 atom stereocenters. The number of methoxy groups -OCH3 is 1. The number of nitrogens with zero attached hydrogens (tertiary/aromatic N) is 3. The maximum Gasteiger partial charge on any atom is 0.191 e. The zero-order chi connectivity index (χ0) is 21.2. The average Bonchev–Trinajstić information content (AvgIpc) is 3.24. The average molecular weight is 430 g/mol. The van der Waals surface area contributed by atoms with Gasteiger partial charge in [0.05, 0.1) is 24.4 Å². The maximum atomic E-state index is 5.43. The Morgan fingerprint density at radius 2 is 2.03 bits per heavy atom. The van der Waals surface area contributed by atoms with Gasteiger partial charge >= 0.3 is 0 Å². The molecule has 2 heterocycles. The molecule has 1 saturated heterocycles. The smallest absolute Gasteiger partial charge is 0.191 e. The molecular weight excluding hydrogens is 394 g/mol. The summed E-state index contributed by atoms with van der Waals surface area (Å²) in [6.07, 6.45) is 3.46. The molecule has 30 heavy (non-hydrogen) atoms. The lowest BCUT2D eigenvalue weighted by atomic mass is 9.97. The predicted molar refractivity (Wildman–Crippen MR) is 125 cm³/mol. The fourth-order valence-electron chi connectivity index (χ4n) is 3.74. The van der Waals surface area contributed by atoms with Gasteiger partial charge in [-0.2, -0.15) is 0 Å². The van der Waals surface area contributed by atoms with E-state index < -0.39 is 0 Å². The van der Waals surface area contributed by atoms with E-state index in [9.17, 15) is 0 Å². The summed E-state index contributed by atoms with van der Waals surface area (Å²) in [4.78, 5) is 12.0. The van der Waals surface area contributed by atoms with Gasteiger partial charge in [-0.15, -0.1) is 11.3 Å². The highest BCUT2D eigenvalue weighted by atomic mass is 32.1. The highest BCUT2D eigenvalue weighted by molar-refractivity contribution is 7.09. The second kappa shape index (κ2) is 11.9. The molecule has 1 aromatic carbocycles. The molecule has 0 spiro atoms. The van der Waals surface area contributed by atoms with E-state index in [1.807, 2.05) is 18.2 Å². The van der Waals surface area contributed by atoms with Gasteiger partial charge in [0.1, 0.15) is 5.75 Å². The summed E-state index contributed by atoms with van der Waals surface area (Å²) in [7, 11) is 1.70. The third kappa shape index (κ3) is 6.71. The van der Waals surface area contributed by atoms with Crippen LogP contribution in [0.2, 0.25) is 0 Å². The summed E-state index contributed by atoms with van der Waals surface area (Å²) in [6.45, 7) is 9.95.